The number of fused-ring (bicyclic) bond motifs is 1. The molecule has 1 aromatic carbocycles. The second-order valence-electron chi connectivity index (χ2n) is 5.85. The lowest BCUT2D eigenvalue weighted by molar-refractivity contribution is -0.121. The Labute approximate surface area is 140 Å². The Hall–Kier alpha value is -2.83. The van der Waals surface area contributed by atoms with E-state index in [4.69, 9.17) is 4.74 Å². The fourth-order valence-electron chi connectivity index (χ4n) is 2.64. The predicted octanol–water partition coefficient (Wildman–Crippen LogP) is 2.22. The molecular weight excluding hydrogens is 308 g/mol. The van der Waals surface area contributed by atoms with Gasteiger partial charge in [-0.1, -0.05) is 12.1 Å². The van der Waals surface area contributed by atoms with Crippen molar-refractivity contribution in [1.29, 1.82) is 0 Å². The third kappa shape index (κ3) is 3.24. The maximum absolute atomic E-state index is 12.2. The van der Waals surface area contributed by atoms with Gasteiger partial charge in [-0.15, -0.1) is 0 Å². The average molecular weight is 328 g/mol. The Morgan fingerprint density at radius 3 is 2.92 bits per heavy atom. The van der Waals surface area contributed by atoms with E-state index in [9.17, 15) is 9.59 Å². The van der Waals surface area contributed by atoms with Gasteiger partial charge in [0.2, 0.25) is 5.91 Å². The van der Waals surface area contributed by atoms with Gasteiger partial charge in [0, 0.05) is 25.1 Å². The second-order valence-corrected chi connectivity index (χ2v) is 5.85. The van der Waals surface area contributed by atoms with Crippen molar-refractivity contribution in [2.45, 2.75) is 26.3 Å². The van der Waals surface area contributed by atoms with E-state index in [1.165, 1.54) is 0 Å². The summed E-state index contributed by atoms with van der Waals surface area (Å²) in [7, 11) is 0. The van der Waals surface area contributed by atoms with Crippen molar-refractivity contribution in [3.05, 3.63) is 36.5 Å². The lowest BCUT2D eigenvalue weighted by atomic mass is 10.2. The summed E-state index contributed by atoms with van der Waals surface area (Å²) < 4.78 is 7.14. The molecule has 3 rings (SSSR count). The normalized spacial score (nSPS) is 13.6. The summed E-state index contributed by atoms with van der Waals surface area (Å²) in [5.41, 5.74) is 0.703. The van der Waals surface area contributed by atoms with Crippen molar-refractivity contribution in [2.75, 3.05) is 23.4 Å². The average Bonchev–Trinajstić information content (AvgIpc) is 3.02. The minimum Gasteiger partial charge on any atom is -0.482 e. The zero-order valence-electron chi connectivity index (χ0n) is 13.7. The number of nitrogens with one attached hydrogen (secondary N) is 1. The molecule has 2 amide bonds. The summed E-state index contributed by atoms with van der Waals surface area (Å²) in [4.78, 5) is 25.9. The SMILES string of the molecule is CC(C)n1nccc1NC(=O)CCN1C(=O)COc2ccccc21. The van der Waals surface area contributed by atoms with Gasteiger partial charge in [0.15, 0.2) is 6.61 Å². The summed E-state index contributed by atoms with van der Waals surface area (Å²) in [6.45, 7) is 4.29. The number of anilines is 2. The fraction of sp³-hybridized carbons (Fsp3) is 0.353. The van der Waals surface area contributed by atoms with Crippen LogP contribution in [0.3, 0.4) is 0 Å². The molecule has 2 aromatic rings. The zero-order chi connectivity index (χ0) is 17.1. The Morgan fingerprint density at radius 2 is 2.12 bits per heavy atom. The molecule has 1 aliphatic heterocycles. The summed E-state index contributed by atoms with van der Waals surface area (Å²) >= 11 is 0. The Morgan fingerprint density at radius 1 is 1.33 bits per heavy atom. The first-order valence-electron chi connectivity index (χ1n) is 7.92. The standard InChI is InChI=1S/C17H20N4O3/c1-12(2)21-15(7-9-18-21)19-16(22)8-10-20-13-5-3-4-6-14(13)24-11-17(20)23/h3-7,9,12H,8,10-11H2,1-2H3,(H,19,22). The molecule has 1 aliphatic rings. The summed E-state index contributed by atoms with van der Waals surface area (Å²) in [6, 6.07) is 9.24. The summed E-state index contributed by atoms with van der Waals surface area (Å²) in [6.07, 6.45) is 1.85. The zero-order valence-corrected chi connectivity index (χ0v) is 13.7. The van der Waals surface area contributed by atoms with E-state index in [2.05, 4.69) is 10.4 Å². The van der Waals surface area contributed by atoms with E-state index in [1.54, 1.807) is 21.8 Å². The molecule has 0 bridgehead atoms. The number of hydrogen-bond donors (Lipinski definition) is 1. The van der Waals surface area contributed by atoms with Crippen LogP contribution in [0.15, 0.2) is 36.5 Å². The Kier molecular flexibility index (Phi) is 4.50. The van der Waals surface area contributed by atoms with Crippen LogP contribution in [0.2, 0.25) is 0 Å². The molecule has 0 unspecified atom stereocenters. The van der Waals surface area contributed by atoms with E-state index in [0.717, 1.165) is 0 Å². The first-order valence-corrected chi connectivity index (χ1v) is 7.92. The molecule has 0 fully saturated rings. The number of amides is 2. The van der Waals surface area contributed by atoms with Gasteiger partial charge in [-0.3, -0.25) is 9.59 Å². The molecular formula is C17H20N4O3. The number of para-hydroxylation sites is 2. The van der Waals surface area contributed by atoms with Gasteiger partial charge in [0.05, 0.1) is 11.9 Å². The number of carbonyl (C=O) groups is 2. The monoisotopic (exact) mass is 328 g/mol. The molecule has 2 heterocycles. The fourth-order valence-corrected chi connectivity index (χ4v) is 2.64. The Balaban J connectivity index is 1.64. The lowest BCUT2D eigenvalue weighted by Gasteiger charge is -2.29. The molecule has 0 spiro atoms. The maximum atomic E-state index is 12.2. The van der Waals surface area contributed by atoms with Crippen LogP contribution in [-0.4, -0.2) is 34.7 Å². The van der Waals surface area contributed by atoms with Crippen LogP contribution >= 0.6 is 0 Å². The van der Waals surface area contributed by atoms with Crippen molar-refractivity contribution in [1.82, 2.24) is 9.78 Å². The lowest BCUT2D eigenvalue weighted by Crippen LogP contribution is -2.40. The number of hydrogen-bond acceptors (Lipinski definition) is 4. The minimum atomic E-state index is -0.158. The molecule has 0 radical (unpaired) electrons. The van der Waals surface area contributed by atoms with Crippen molar-refractivity contribution >= 4 is 23.3 Å². The van der Waals surface area contributed by atoms with Gasteiger partial charge in [0.25, 0.3) is 5.91 Å². The highest BCUT2D eigenvalue weighted by Crippen LogP contribution is 2.31. The predicted molar refractivity (Wildman–Crippen MR) is 90.1 cm³/mol. The molecule has 0 aliphatic carbocycles. The van der Waals surface area contributed by atoms with Crippen LogP contribution in [-0.2, 0) is 9.59 Å². The largest absolute Gasteiger partial charge is 0.482 e. The molecule has 0 saturated carbocycles. The second kappa shape index (κ2) is 6.74. The van der Waals surface area contributed by atoms with Gasteiger partial charge in [0.1, 0.15) is 11.6 Å². The van der Waals surface area contributed by atoms with Crippen molar-refractivity contribution < 1.29 is 14.3 Å². The molecule has 1 aromatic heterocycles. The quantitative estimate of drug-likeness (QED) is 0.913. The van der Waals surface area contributed by atoms with Crippen molar-refractivity contribution in [2.24, 2.45) is 0 Å². The minimum absolute atomic E-state index is 0.00124. The van der Waals surface area contributed by atoms with Gasteiger partial charge >= 0.3 is 0 Å². The van der Waals surface area contributed by atoms with Gasteiger partial charge in [-0.25, -0.2) is 4.68 Å². The molecule has 7 nitrogen and oxygen atoms in total. The van der Waals surface area contributed by atoms with Crippen molar-refractivity contribution in [3.63, 3.8) is 0 Å². The van der Waals surface area contributed by atoms with E-state index >= 15 is 0 Å². The van der Waals surface area contributed by atoms with Crippen LogP contribution in [0.1, 0.15) is 26.3 Å². The van der Waals surface area contributed by atoms with Crippen LogP contribution in [0.4, 0.5) is 11.5 Å². The number of ether oxygens (including phenoxy) is 1. The summed E-state index contributed by atoms with van der Waals surface area (Å²) in [5.74, 6) is 1.02. The number of nitrogens with zero attached hydrogens (tertiary/aromatic N) is 3. The molecule has 0 atom stereocenters. The van der Waals surface area contributed by atoms with Crippen LogP contribution in [0, 0.1) is 0 Å². The van der Waals surface area contributed by atoms with Crippen LogP contribution < -0.4 is 15.0 Å². The number of benzene rings is 1. The molecule has 1 N–H and O–H groups in total. The van der Waals surface area contributed by atoms with E-state index in [-0.39, 0.29) is 30.9 Å². The highest BCUT2D eigenvalue weighted by atomic mass is 16.5. The smallest absolute Gasteiger partial charge is 0.265 e. The highest BCUT2D eigenvalue weighted by Gasteiger charge is 2.25. The van der Waals surface area contributed by atoms with E-state index in [0.29, 0.717) is 23.8 Å². The van der Waals surface area contributed by atoms with E-state index in [1.807, 2.05) is 38.1 Å². The molecule has 24 heavy (non-hydrogen) atoms. The number of carbonyl (C=O) groups excluding carboxylic acids is 2. The highest BCUT2D eigenvalue weighted by molar-refractivity contribution is 5.99. The van der Waals surface area contributed by atoms with Gasteiger partial charge in [-0.05, 0) is 26.0 Å². The Bertz CT molecular complexity index is 754. The molecule has 126 valence electrons. The van der Waals surface area contributed by atoms with Crippen LogP contribution in [0.5, 0.6) is 5.75 Å². The number of aromatic nitrogens is 2. The van der Waals surface area contributed by atoms with Gasteiger partial charge in [-0.2, -0.15) is 5.10 Å². The first-order chi connectivity index (χ1) is 11.6. The van der Waals surface area contributed by atoms with E-state index < -0.39 is 0 Å². The first kappa shape index (κ1) is 16.0. The molecule has 7 heteroatoms. The van der Waals surface area contributed by atoms with Gasteiger partial charge < -0.3 is 15.0 Å². The third-order valence-electron chi connectivity index (χ3n) is 3.80. The topological polar surface area (TPSA) is 76.5 Å². The molecule has 0 saturated heterocycles. The van der Waals surface area contributed by atoms with Crippen LogP contribution in [0.25, 0.3) is 0 Å². The number of rotatable bonds is 5. The maximum Gasteiger partial charge on any atom is 0.265 e. The van der Waals surface area contributed by atoms with Crippen molar-refractivity contribution in [3.8, 4) is 5.75 Å². The summed E-state index contributed by atoms with van der Waals surface area (Å²) in [5, 5.41) is 7.02. The third-order valence-corrected chi connectivity index (χ3v) is 3.80.